The molecule has 1 aromatic heterocycles. The van der Waals surface area contributed by atoms with Gasteiger partial charge in [0.2, 0.25) is 0 Å². The summed E-state index contributed by atoms with van der Waals surface area (Å²) in [6.45, 7) is 4.17. The van der Waals surface area contributed by atoms with Crippen LogP contribution in [0.15, 0.2) is 26.2 Å². The molecule has 0 amide bonds. The second-order valence-corrected chi connectivity index (χ2v) is 6.23. The van der Waals surface area contributed by atoms with E-state index < -0.39 is 0 Å². The number of rotatable bonds is 2. The average Bonchev–Trinajstić information content (AvgIpc) is 2.81. The van der Waals surface area contributed by atoms with Gasteiger partial charge in [-0.3, -0.25) is 14.6 Å². The van der Waals surface area contributed by atoms with Crippen molar-refractivity contribution >= 4 is 23.7 Å². The summed E-state index contributed by atoms with van der Waals surface area (Å²) in [5.41, 5.74) is 5.04. The van der Waals surface area contributed by atoms with E-state index in [1.54, 1.807) is 24.9 Å². The zero-order chi connectivity index (χ0) is 15.0. The van der Waals surface area contributed by atoms with Gasteiger partial charge in [0.15, 0.2) is 0 Å². The number of anilines is 1. The molecule has 0 atom stereocenters. The van der Waals surface area contributed by atoms with E-state index in [1.807, 2.05) is 26.0 Å². The zero-order valence-corrected chi connectivity index (χ0v) is 13.6. The Morgan fingerprint density at radius 3 is 2.45 bits per heavy atom. The first-order chi connectivity index (χ1) is 9.32. The van der Waals surface area contributed by atoms with Crippen LogP contribution < -0.4 is 10.5 Å². The maximum absolute atomic E-state index is 12.1. The van der Waals surface area contributed by atoms with Gasteiger partial charge >= 0.3 is 0 Å². The average molecular weight is 292 g/mol. The van der Waals surface area contributed by atoms with Crippen molar-refractivity contribution in [3.05, 3.63) is 37.3 Å². The van der Waals surface area contributed by atoms with Gasteiger partial charge in [0.25, 0.3) is 5.56 Å². The Morgan fingerprint density at radius 2 is 1.95 bits per heavy atom. The van der Waals surface area contributed by atoms with Crippen LogP contribution in [-0.4, -0.2) is 35.8 Å². The number of aromatic amines is 1. The smallest absolute Gasteiger partial charge is 0.276 e. The number of aryl methyl sites for hydroxylation is 1. The molecular formula is C14H20N4OS. The minimum absolute atomic E-state index is 0.0474. The number of nitrogens with zero attached hydrogens (tertiary/aromatic N) is 3. The molecule has 0 bridgehead atoms. The minimum Gasteiger partial charge on any atom is -0.363 e. The Kier molecular flexibility index (Phi) is 3.88. The fourth-order valence-corrected chi connectivity index (χ4v) is 2.93. The summed E-state index contributed by atoms with van der Waals surface area (Å²) in [6.07, 6.45) is 1.76. The van der Waals surface area contributed by atoms with E-state index in [2.05, 4.69) is 29.6 Å². The first kappa shape index (κ1) is 14.6. The predicted octanol–water partition coefficient (Wildman–Crippen LogP) is 2.16. The van der Waals surface area contributed by atoms with Crippen molar-refractivity contribution in [2.24, 2.45) is 7.05 Å². The Bertz CT molecular complexity index is 687. The fourth-order valence-electron chi connectivity index (χ4n) is 1.96. The van der Waals surface area contributed by atoms with Crippen LogP contribution in [0, 0.1) is 0 Å². The third-order valence-corrected chi connectivity index (χ3v) is 4.60. The largest absolute Gasteiger partial charge is 0.363 e. The van der Waals surface area contributed by atoms with Gasteiger partial charge in [-0.15, -0.1) is 0 Å². The molecule has 2 heterocycles. The molecule has 1 N–H and O–H groups in total. The van der Waals surface area contributed by atoms with Crippen LogP contribution in [0.1, 0.15) is 19.4 Å². The van der Waals surface area contributed by atoms with E-state index >= 15 is 0 Å². The van der Waals surface area contributed by atoms with Crippen molar-refractivity contribution < 1.29 is 0 Å². The molecule has 1 aliphatic heterocycles. The molecule has 0 saturated carbocycles. The minimum atomic E-state index is -0.0474. The van der Waals surface area contributed by atoms with E-state index in [9.17, 15) is 4.79 Å². The van der Waals surface area contributed by atoms with E-state index in [0.29, 0.717) is 5.56 Å². The standard InChI is InChI=1S/C14H20N4OS/c1-9-10(2)20-12(17(9)5)8-7-11-13(16(3)4)15-18(6)14(11)19/h7,15H,1-6H3. The Labute approximate surface area is 123 Å². The van der Waals surface area contributed by atoms with Gasteiger partial charge in [-0.05, 0) is 19.9 Å². The molecule has 1 aromatic rings. The Morgan fingerprint density at radius 1 is 1.30 bits per heavy atom. The van der Waals surface area contributed by atoms with E-state index in [1.165, 1.54) is 15.3 Å². The summed E-state index contributed by atoms with van der Waals surface area (Å²) in [4.78, 5) is 17.3. The summed E-state index contributed by atoms with van der Waals surface area (Å²) in [6, 6.07) is 0. The highest BCUT2D eigenvalue weighted by atomic mass is 32.2. The van der Waals surface area contributed by atoms with Crippen molar-refractivity contribution in [3.8, 4) is 0 Å². The van der Waals surface area contributed by atoms with Gasteiger partial charge in [0.1, 0.15) is 10.8 Å². The molecule has 0 aliphatic carbocycles. The lowest BCUT2D eigenvalue weighted by molar-refractivity contribution is 0.565. The van der Waals surface area contributed by atoms with Crippen molar-refractivity contribution in [2.75, 3.05) is 26.0 Å². The van der Waals surface area contributed by atoms with Gasteiger partial charge in [0.05, 0.1) is 5.56 Å². The van der Waals surface area contributed by atoms with Crippen LogP contribution in [0.4, 0.5) is 5.82 Å². The summed E-state index contributed by atoms with van der Waals surface area (Å²) < 4.78 is 1.48. The van der Waals surface area contributed by atoms with Gasteiger partial charge in [-0.2, -0.15) is 0 Å². The third kappa shape index (κ3) is 2.44. The number of thioether (sulfide) groups is 1. The van der Waals surface area contributed by atoms with Crippen molar-refractivity contribution in [3.63, 3.8) is 0 Å². The molecule has 5 nitrogen and oxygen atoms in total. The molecule has 2 rings (SSSR count). The van der Waals surface area contributed by atoms with E-state index in [0.717, 1.165) is 10.8 Å². The Balaban J connectivity index is 2.46. The lowest BCUT2D eigenvalue weighted by Gasteiger charge is -2.12. The molecule has 6 heteroatoms. The summed E-state index contributed by atoms with van der Waals surface area (Å²) in [5, 5.41) is 4.04. The van der Waals surface area contributed by atoms with Crippen LogP contribution in [0.3, 0.4) is 0 Å². The highest BCUT2D eigenvalue weighted by molar-refractivity contribution is 8.06. The van der Waals surface area contributed by atoms with Gasteiger partial charge in [0, 0.05) is 38.8 Å². The lowest BCUT2D eigenvalue weighted by Crippen LogP contribution is -2.13. The maximum atomic E-state index is 12.1. The van der Waals surface area contributed by atoms with Crippen LogP contribution >= 0.6 is 11.8 Å². The highest BCUT2D eigenvalue weighted by Gasteiger charge is 2.18. The molecule has 0 spiro atoms. The zero-order valence-electron chi connectivity index (χ0n) is 12.7. The summed E-state index contributed by atoms with van der Waals surface area (Å²) in [5.74, 6) is 0.789. The quantitative estimate of drug-likeness (QED) is 0.849. The predicted molar refractivity (Wildman–Crippen MR) is 85.6 cm³/mol. The lowest BCUT2D eigenvalue weighted by atomic mass is 10.3. The number of allylic oxidation sites excluding steroid dienone is 2. The molecule has 0 aromatic carbocycles. The second kappa shape index (κ2) is 5.31. The highest BCUT2D eigenvalue weighted by Crippen LogP contribution is 2.38. The molecular weight excluding hydrogens is 272 g/mol. The van der Waals surface area contributed by atoms with E-state index in [-0.39, 0.29) is 5.56 Å². The summed E-state index contributed by atoms with van der Waals surface area (Å²) in [7, 11) is 7.54. The Hall–Kier alpha value is -1.78. The first-order valence-corrected chi connectivity index (χ1v) is 7.16. The third-order valence-electron chi connectivity index (χ3n) is 3.42. The fraction of sp³-hybridized carbons (Fsp3) is 0.429. The van der Waals surface area contributed by atoms with Gasteiger partial charge < -0.3 is 9.80 Å². The van der Waals surface area contributed by atoms with Crippen LogP contribution in [-0.2, 0) is 7.05 Å². The number of H-pyrrole nitrogens is 1. The van der Waals surface area contributed by atoms with E-state index in [4.69, 9.17) is 0 Å². The molecule has 1 aliphatic rings. The van der Waals surface area contributed by atoms with Crippen LogP contribution in [0.25, 0.3) is 6.08 Å². The van der Waals surface area contributed by atoms with Crippen molar-refractivity contribution in [2.45, 2.75) is 13.8 Å². The SMILES string of the molecule is CC1=C(C)N(C)C(=C=Cc2c(N(C)C)[nH]n(C)c2=O)S1. The maximum Gasteiger partial charge on any atom is 0.276 e. The van der Waals surface area contributed by atoms with Gasteiger partial charge in [-0.25, -0.2) is 0 Å². The number of hydrogen-bond acceptors (Lipinski definition) is 4. The molecule has 0 unspecified atom stereocenters. The first-order valence-electron chi connectivity index (χ1n) is 6.35. The monoisotopic (exact) mass is 292 g/mol. The number of nitrogens with one attached hydrogen (secondary N) is 1. The molecule has 20 heavy (non-hydrogen) atoms. The number of aromatic nitrogens is 2. The van der Waals surface area contributed by atoms with Crippen LogP contribution in [0.2, 0.25) is 0 Å². The topological polar surface area (TPSA) is 44.3 Å². The van der Waals surface area contributed by atoms with Gasteiger partial charge in [-0.1, -0.05) is 17.5 Å². The van der Waals surface area contributed by atoms with Crippen molar-refractivity contribution in [1.82, 2.24) is 14.7 Å². The molecule has 0 fully saturated rings. The second-order valence-electron chi connectivity index (χ2n) is 5.03. The summed E-state index contributed by atoms with van der Waals surface area (Å²) >= 11 is 1.68. The molecule has 108 valence electrons. The van der Waals surface area contributed by atoms with Crippen molar-refractivity contribution in [1.29, 1.82) is 0 Å². The molecule has 0 radical (unpaired) electrons. The normalized spacial score (nSPS) is 14.9. The van der Waals surface area contributed by atoms with Crippen LogP contribution in [0.5, 0.6) is 0 Å². The number of hydrogen-bond donors (Lipinski definition) is 1. The molecule has 0 saturated heterocycles.